The largest absolute Gasteiger partial charge is 0.450 e. The molecule has 0 amide bonds. The zero-order valence-corrected chi connectivity index (χ0v) is 10.7. The molecule has 1 rings (SSSR count). The van der Waals surface area contributed by atoms with Gasteiger partial charge in [0.1, 0.15) is 9.36 Å². The average Bonchev–Trinajstić information content (AvgIpc) is 2.70. The van der Waals surface area contributed by atoms with E-state index in [9.17, 15) is 0 Å². The fourth-order valence-corrected chi connectivity index (χ4v) is 2.15. The molecule has 0 radical (unpaired) electrons. The quantitative estimate of drug-likeness (QED) is 0.409. The minimum atomic E-state index is 0.590. The van der Waals surface area contributed by atoms with Gasteiger partial charge < -0.3 is 9.97 Å². The molecule has 0 aliphatic heterocycles. The number of imidazole rings is 1. The first-order valence-electron chi connectivity index (χ1n) is 4.72. The van der Waals surface area contributed by atoms with Gasteiger partial charge >= 0.3 is 0 Å². The Hall–Kier alpha value is -0.0600. The predicted molar refractivity (Wildman–Crippen MR) is 52.5 cm³/mol. The lowest BCUT2D eigenvalue weighted by Crippen LogP contribution is -3.61. The minimum absolute atomic E-state index is 0.590. The van der Waals surface area contributed by atoms with Crippen molar-refractivity contribution in [3.63, 3.8) is 0 Å². The van der Waals surface area contributed by atoms with Gasteiger partial charge in [-0.25, -0.2) is 0 Å². The van der Waals surface area contributed by atoms with Crippen molar-refractivity contribution in [3.05, 3.63) is 18.7 Å². The summed E-state index contributed by atoms with van der Waals surface area (Å²) < 4.78 is 1.54. The van der Waals surface area contributed by atoms with Gasteiger partial charge in [-0.2, -0.15) is 0 Å². The van der Waals surface area contributed by atoms with Crippen LogP contribution in [0.15, 0.2) is 18.7 Å². The first-order chi connectivity index (χ1) is 6.41. The van der Waals surface area contributed by atoms with E-state index in [1.54, 1.807) is 16.8 Å². The smallest absolute Gasteiger partial charge is 0.265 e. The van der Waals surface area contributed by atoms with Gasteiger partial charge in [0.25, 0.3) is 21.2 Å². The van der Waals surface area contributed by atoms with E-state index < -0.39 is 0 Å². The molecule has 0 aliphatic carbocycles. The van der Waals surface area contributed by atoms with Crippen molar-refractivity contribution < 1.29 is 21.2 Å². The topological polar surface area (TPSA) is 27.0 Å². The SMILES string of the molecule is CCCCCC[I+]C.c1c[n-]cn1. The van der Waals surface area contributed by atoms with Gasteiger partial charge in [-0.1, -0.05) is 38.5 Å². The van der Waals surface area contributed by atoms with Gasteiger partial charge in [-0.3, -0.25) is 0 Å². The molecule has 2 nitrogen and oxygen atoms in total. The van der Waals surface area contributed by atoms with Gasteiger partial charge in [0.05, 0.1) is 0 Å². The summed E-state index contributed by atoms with van der Waals surface area (Å²) in [5.41, 5.74) is 0. The molecule has 0 saturated carbocycles. The maximum absolute atomic E-state index is 3.61. The summed E-state index contributed by atoms with van der Waals surface area (Å²) in [6.07, 6.45) is 10.6. The lowest BCUT2D eigenvalue weighted by Gasteiger charge is -1.88. The molecule has 1 aromatic heterocycles. The van der Waals surface area contributed by atoms with Crippen molar-refractivity contribution >= 4 is 0 Å². The summed E-state index contributed by atoms with van der Waals surface area (Å²) in [5, 5.41) is 0. The summed E-state index contributed by atoms with van der Waals surface area (Å²) in [4.78, 5) is 9.59. The van der Waals surface area contributed by atoms with E-state index in [1.165, 1.54) is 32.0 Å². The molecule has 0 atom stereocenters. The normalized spacial score (nSPS) is 9.08. The van der Waals surface area contributed by atoms with E-state index in [0.29, 0.717) is 21.2 Å². The number of alkyl halides is 2. The van der Waals surface area contributed by atoms with Crippen molar-refractivity contribution in [2.45, 2.75) is 32.6 Å². The van der Waals surface area contributed by atoms with E-state index in [4.69, 9.17) is 0 Å². The van der Waals surface area contributed by atoms with Crippen molar-refractivity contribution in [2.24, 2.45) is 0 Å². The number of unbranched alkanes of at least 4 members (excludes halogenated alkanes) is 3. The van der Waals surface area contributed by atoms with Crippen LogP contribution in [0, 0.1) is 0 Å². The van der Waals surface area contributed by atoms with Crippen LogP contribution in [0.5, 0.6) is 0 Å². The minimum Gasteiger partial charge on any atom is -0.450 e. The fraction of sp³-hybridized carbons (Fsp3) is 0.700. The second-order valence-corrected chi connectivity index (χ2v) is 5.33. The van der Waals surface area contributed by atoms with Crippen LogP contribution in [0.1, 0.15) is 32.6 Å². The Morgan fingerprint density at radius 1 is 1.31 bits per heavy atom. The summed E-state index contributed by atoms with van der Waals surface area (Å²) in [5.74, 6) is 0. The molecule has 1 heterocycles. The van der Waals surface area contributed by atoms with Crippen molar-refractivity contribution in [3.8, 4) is 0 Å². The lowest BCUT2D eigenvalue weighted by atomic mass is 10.2. The third kappa shape index (κ3) is 11.9. The highest BCUT2D eigenvalue weighted by Crippen LogP contribution is 1.94. The predicted octanol–water partition coefficient (Wildman–Crippen LogP) is -0.676. The monoisotopic (exact) mass is 294 g/mol. The second-order valence-electron chi connectivity index (χ2n) is 2.73. The Labute approximate surface area is 91.8 Å². The molecular formula is C10H19IN2. The summed E-state index contributed by atoms with van der Waals surface area (Å²) in [6.45, 7) is 2.26. The third-order valence-electron chi connectivity index (χ3n) is 1.55. The van der Waals surface area contributed by atoms with E-state index in [0.717, 1.165) is 0 Å². The van der Waals surface area contributed by atoms with Crippen LogP contribution in [0.3, 0.4) is 0 Å². The van der Waals surface area contributed by atoms with Crippen LogP contribution in [-0.2, 0) is 0 Å². The highest BCUT2D eigenvalue weighted by atomic mass is 127. The van der Waals surface area contributed by atoms with Crippen LogP contribution in [0.4, 0.5) is 0 Å². The Balaban J connectivity index is 0.000000243. The maximum Gasteiger partial charge on any atom is 0.265 e. The number of nitrogens with zero attached hydrogens (tertiary/aromatic N) is 2. The van der Waals surface area contributed by atoms with E-state index >= 15 is 0 Å². The zero-order chi connectivity index (χ0) is 9.78. The standard InChI is InChI=1S/C7H16I.C3H3N2/c1-3-4-5-6-7-8-2;1-2-5-3-4-1/h3-7H2,1-2H3;1-3H/q+1;-1. The van der Waals surface area contributed by atoms with Crippen LogP contribution in [-0.4, -0.2) is 14.3 Å². The molecule has 0 aliphatic rings. The van der Waals surface area contributed by atoms with Gasteiger partial charge in [0.2, 0.25) is 0 Å². The molecule has 0 saturated heterocycles. The molecule has 0 unspecified atom stereocenters. The number of hydrogen-bond acceptors (Lipinski definition) is 1. The van der Waals surface area contributed by atoms with E-state index in [-0.39, 0.29) is 0 Å². The Morgan fingerprint density at radius 3 is 2.54 bits per heavy atom. The molecule has 1 aromatic rings. The average molecular weight is 294 g/mol. The second kappa shape index (κ2) is 11.9. The third-order valence-corrected chi connectivity index (χ3v) is 3.39. The first kappa shape index (κ1) is 12.9. The molecule has 0 bridgehead atoms. The van der Waals surface area contributed by atoms with Gasteiger partial charge in [-0.15, -0.1) is 0 Å². The Kier molecular flexibility index (Phi) is 11.9. The first-order valence-corrected chi connectivity index (χ1v) is 8.40. The van der Waals surface area contributed by atoms with Crippen LogP contribution in [0.2, 0.25) is 0 Å². The van der Waals surface area contributed by atoms with Gasteiger partial charge in [0, 0.05) is 0 Å². The van der Waals surface area contributed by atoms with Crippen LogP contribution < -0.4 is 26.2 Å². The number of halogens is 1. The van der Waals surface area contributed by atoms with Crippen LogP contribution in [0.25, 0.3) is 0 Å². The van der Waals surface area contributed by atoms with E-state index in [2.05, 4.69) is 21.8 Å². The number of aromatic nitrogens is 2. The number of hydrogen-bond donors (Lipinski definition) is 0. The number of rotatable bonds is 5. The van der Waals surface area contributed by atoms with Crippen molar-refractivity contribution in [1.29, 1.82) is 0 Å². The van der Waals surface area contributed by atoms with Gasteiger partial charge in [-0.05, 0) is 12.8 Å². The van der Waals surface area contributed by atoms with E-state index in [1.807, 2.05) is 0 Å². The summed E-state index contributed by atoms with van der Waals surface area (Å²) in [6, 6.07) is 0. The summed E-state index contributed by atoms with van der Waals surface area (Å²) in [7, 11) is 0. The molecule has 0 fully saturated rings. The fourth-order valence-electron chi connectivity index (χ4n) is 0.847. The molecule has 13 heavy (non-hydrogen) atoms. The molecule has 0 aromatic carbocycles. The summed E-state index contributed by atoms with van der Waals surface area (Å²) >= 11 is 0.590. The molecular weight excluding hydrogens is 275 g/mol. The lowest BCUT2D eigenvalue weighted by molar-refractivity contribution is -0.627. The highest BCUT2D eigenvalue weighted by Gasteiger charge is 1.94. The Morgan fingerprint density at radius 2 is 2.15 bits per heavy atom. The Bertz CT molecular complexity index is 129. The molecule has 0 spiro atoms. The van der Waals surface area contributed by atoms with Crippen LogP contribution >= 0.6 is 0 Å². The molecule has 76 valence electrons. The zero-order valence-electron chi connectivity index (χ0n) is 8.54. The molecule has 3 heteroatoms. The maximum atomic E-state index is 3.61. The highest BCUT2D eigenvalue weighted by molar-refractivity contribution is 4.64. The van der Waals surface area contributed by atoms with Gasteiger partial charge in [0.15, 0.2) is 0 Å². The van der Waals surface area contributed by atoms with Crippen molar-refractivity contribution in [1.82, 2.24) is 9.97 Å². The molecule has 0 N–H and O–H groups in total. The van der Waals surface area contributed by atoms with Crippen molar-refractivity contribution in [2.75, 3.05) is 9.36 Å².